The molecule has 2 heterocycles. The first kappa shape index (κ1) is 27.6. The number of halogens is 2. The van der Waals surface area contributed by atoms with Crippen LogP contribution in [0.25, 0.3) is 0 Å². The lowest BCUT2D eigenvalue weighted by Gasteiger charge is -2.18. The average Bonchev–Trinajstić information content (AvgIpc) is 3.44. The van der Waals surface area contributed by atoms with E-state index in [1.807, 2.05) is 0 Å². The molecule has 0 fully saturated rings. The molecular weight excluding hydrogens is 522 g/mol. The highest BCUT2D eigenvalue weighted by atomic mass is 28.3. The molecule has 4 rings (SSSR count). The third-order valence-corrected chi connectivity index (χ3v) is 8.21. The molecule has 2 aromatic carbocycles. The number of Topliss-reactive ketones (excluding diaryl/α,β-unsaturated/α-hetero) is 1. The van der Waals surface area contributed by atoms with E-state index < -0.39 is 52.2 Å². The first-order valence-electron chi connectivity index (χ1n) is 11.6. The lowest BCUT2D eigenvalue weighted by atomic mass is 9.78. The zero-order valence-corrected chi connectivity index (χ0v) is 21.3. The minimum Gasteiger partial charge on any atom is -0.423 e. The Morgan fingerprint density at radius 3 is 1.95 bits per heavy atom. The van der Waals surface area contributed by atoms with Crippen LogP contribution in [0.3, 0.4) is 0 Å². The van der Waals surface area contributed by atoms with Gasteiger partial charge in [-0.3, -0.25) is 19.2 Å². The van der Waals surface area contributed by atoms with Crippen molar-refractivity contribution >= 4 is 57.2 Å². The average molecular weight is 545 g/mol. The summed E-state index contributed by atoms with van der Waals surface area (Å²) < 4.78 is 38.7. The standard InChI is InChI=1S/C22H23B2F2N3O8Si/c1-11(30)2-3-27-22(33)38(29-21(32)13-5-17-15(19(26)7-13)9-37-24(17)35)10-28-20(31)12-4-16-14(18(25)6-12)8-36-23(16)34/h4-7,34-35,38H,2-3,8-10H2,1H3,(H,27,33)(H,28,31)(H,29,32)/t38-/m0/s1. The van der Waals surface area contributed by atoms with Crippen LogP contribution in [0.2, 0.25) is 0 Å². The Balaban J connectivity index is 1.49. The summed E-state index contributed by atoms with van der Waals surface area (Å²) in [6.07, 6.45) is -0.257. The van der Waals surface area contributed by atoms with Crippen molar-refractivity contribution in [3.8, 4) is 0 Å². The molecule has 0 saturated heterocycles. The summed E-state index contributed by atoms with van der Waals surface area (Å²) >= 11 is 0. The highest BCUT2D eigenvalue weighted by Gasteiger charge is 2.33. The van der Waals surface area contributed by atoms with Gasteiger partial charge in [-0.1, -0.05) is 0 Å². The molecule has 0 aromatic heterocycles. The second kappa shape index (κ2) is 11.5. The van der Waals surface area contributed by atoms with Crippen molar-refractivity contribution in [3.63, 3.8) is 0 Å². The second-order valence-corrected chi connectivity index (χ2v) is 11.2. The number of carbonyl (C=O) groups excluding carboxylic acids is 4. The maximum absolute atomic E-state index is 14.4. The molecule has 2 aromatic rings. The van der Waals surface area contributed by atoms with Crippen molar-refractivity contribution < 1.29 is 47.3 Å². The van der Waals surface area contributed by atoms with Crippen molar-refractivity contribution in [3.05, 3.63) is 58.2 Å². The number of hydrogen-bond acceptors (Lipinski definition) is 8. The predicted molar refractivity (Wildman–Crippen MR) is 133 cm³/mol. The minimum absolute atomic E-state index is 0.00636. The Bertz CT molecular complexity index is 1320. The van der Waals surface area contributed by atoms with E-state index in [4.69, 9.17) is 9.31 Å². The number of nitrogens with one attached hydrogen (secondary N) is 3. The van der Waals surface area contributed by atoms with Gasteiger partial charge in [-0.15, -0.1) is 0 Å². The maximum Gasteiger partial charge on any atom is 0.491 e. The molecule has 0 bridgehead atoms. The van der Waals surface area contributed by atoms with E-state index in [0.717, 1.165) is 12.1 Å². The lowest BCUT2D eigenvalue weighted by Crippen LogP contribution is -2.56. The zero-order chi connectivity index (χ0) is 27.6. The number of amides is 3. The summed E-state index contributed by atoms with van der Waals surface area (Å²) in [5.41, 5.74) is -0.433. The fraction of sp³-hybridized carbons (Fsp3) is 0.273. The topological polar surface area (TPSA) is 163 Å². The molecule has 3 amide bonds. The molecule has 2 aliphatic rings. The van der Waals surface area contributed by atoms with Gasteiger partial charge >= 0.3 is 14.2 Å². The van der Waals surface area contributed by atoms with E-state index in [1.54, 1.807) is 0 Å². The van der Waals surface area contributed by atoms with E-state index in [9.17, 15) is 38.0 Å². The number of fused-ring (bicyclic) bond motifs is 2. The predicted octanol–water partition coefficient (Wildman–Crippen LogP) is -1.91. The smallest absolute Gasteiger partial charge is 0.423 e. The molecule has 198 valence electrons. The quantitative estimate of drug-likeness (QED) is 0.228. The monoisotopic (exact) mass is 545 g/mol. The summed E-state index contributed by atoms with van der Waals surface area (Å²) in [5.74, 6) is -3.25. The third-order valence-electron chi connectivity index (χ3n) is 6.15. The van der Waals surface area contributed by atoms with Crippen molar-refractivity contribution in [1.82, 2.24) is 15.6 Å². The number of hydrogen-bond donors (Lipinski definition) is 5. The largest absolute Gasteiger partial charge is 0.491 e. The van der Waals surface area contributed by atoms with E-state index >= 15 is 0 Å². The Kier molecular flexibility index (Phi) is 8.37. The van der Waals surface area contributed by atoms with Gasteiger partial charge in [0.15, 0.2) is 0 Å². The molecule has 0 radical (unpaired) electrons. The number of ketones is 1. The van der Waals surface area contributed by atoms with Gasteiger partial charge in [0.2, 0.25) is 11.4 Å². The molecule has 0 unspecified atom stereocenters. The van der Waals surface area contributed by atoms with Crippen LogP contribution in [0, 0.1) is 11.6 Å². The van der Waals surface area contributed by atoms with Crippen molar-refractivity contribution in [2.75, 3.05) is 12.7 Å². The molecule has 2 aliphatic heterocycles. The van der Waals surface area contributed by atoms with Gasteiger partial charge in [-0.2, -0.15) is 0 Å². The van der Waals surface area contributed by atoms with Crippen LogP contribution < -0.4 is 26.5 Å². The van der Waals surface area contributed by atoms with E-state index in [2.05, 4.69) is 15.6 Å². The molecule has 11 nitrogen and oxygen atoms in total. The Hall–Kier alpha value is -3.43. The fourth-order valence-electron chi connectivity index (χ4n) is 4.06. The van der Waals surface area contributed by atoms with Gasteiger partial charge in [0.1, 0.15) is 17.4 Å². The van der Waals surface area contributed by atoms with Crippen LogP contribution >= 0.6 is 0 Å². The fourth-order valence-corrected chi connectivity index (χ4v) is 5.74. The van der Waals surface area contributed by atoms with Gasteiger partial charge < -0.3 is 35.0 Å². The Morgan fingerprint density at radius 2 is 1.42 bits per heavy atom. The van der Waals surface area contributed by atoms with Crippen LogP contribution in [0.1, 0.15) is 45.2 Å². The van der Waals surface area contributed by atoms with Crippen LogP contribution in [-0.4, -0.2) is 69.1 Å². The second-order valence-electron chi connectivity index (χ2n) is 8.86. The molecule has 38 heavy (non-hydrogen) atoms. The van der Waals surface area contributed by atoms with Gasteiger partial charge in [0.25, 0.3) is 14.9 Å². The maximum atomic E-state index is 14.4. The highest BCUT2D eigenvalue weighted by Crippen LogP contribution is 2.17. The molecule has 5 N–H and O–H groups in total. The summed E-state index contributed by atoms with van der Waals surface area (Å²) in [7, 11) is -5.84. The summed E-state index contributed by atoms with van der Waals surface area (Å²) in [4.78, 5) is 52.2. The highest BCUT2D eigenvalue weighted by molar-refractivity contribution is 6.89. The molecule has 0 spiro atoms. The van der Waals surface area contributed by atoms with E-state index in [0.29, 0.717) is 0 Å². The van der Waals surface area contributed by atoms with Gasteiger partial charge in [-0.05, 0) is 42.1 Å². The van der Waals surface area contributed by atoms with Crippen molar-refractivity contribution in [2.45, 2.75) is 26.6 Å². The van der Waals surface area contributed by atoms with Crippen molar-refractivity contribution in [1.29, 1.82) is 0 Å². The Labute approximate surface area is 217 Å². The molecule has 0 saturated carbocycles. The number of carbonyl (C=O) groups is 4. The molecule has 16 heteroatoms. The van der Waals surface area contributed by atoms with E-state index in [-0.39, 0.29) is 71.3 Å². The van der Waals surface area contributed by atoms with Gasteiger partial charge in [-0.25, -0.2) is 8.78 Å². The molecule has 1 atom stereocenters. The number of rotatable bonds is 9. The molecular formula is C22H23B2F2N3O8Si. The van der Waals surface area contributed by atoms with Gasteiger partial charge in [0, 0.05) is 41.4 Å². The molecule has 0 aliphatic carbocycles. The SMILES string of the molecule is CC(=O)CCNC(=O)[Si@H](CNC(=O)c1cc(F)c2c(c1)B(O)OC2)NC(=O)c1cc(F)c2c(c1)B(O)OC2. The van der Waals surface area contributed by atoms with E-state index in [1.165, 1.54) is 19.1 Å². The number of benzene rings is 2. The van der Waals surface area contributed by atoms with Crippen LogP contribution in [-0.2, 0) is 27.3 Å². The van der Waals surface area contributed by atoms with Crippen molar-refractivity contribution in [2.24, 2.45) is 0 Å². The summed E-state index contributed by atoms with van der Waals surface area (Å²) in [5, 5.41) is 24.7. The third kappa shape index (κ3) is 6.00. The van der Waals surface area contributed by atoms with Crippen LogP contribution in [0.5, 0.6) is 0 Å². The first-order chi connectivity index (χ1) is 18.0. The zero-order valence-electron chi connectivity index (χ0n) is 20.2. The van der Waals surface area contributed by atoms with Crippen LogP contribution in [0.4, 0.5) is 13.6 Å². The lowest BCUT2D eigenvalue weighted by molar-refractivity contribution is -0.116. The first-order valence-corrected chi connectivity index (χ1v) is 13.6. The summed E-state index contributed by atoms with van der Waals surface area (Å²) in [6, 6.07) is 4.45. The van der Waals surface area contributed by atoms with Gasteiger partial charge in [0.05, 0.1) is 13.2 Å². The minimum atomic E-state index is -3.07. The normalized spacial score (nSPS) is 14.6. The summed E-state index contributed by atoms with van der Waals surface area (Å²) in [6.45, 7) is 1.06. The van der Waals surface area contributed by atoms with Crippen LogP contribution in [0.15, 0.2) is 24.3 Å². The Morgan fingerprint density at radius 1 is 0.895 bits per heavy atom.